The zero-order valence-electron chi connectivity index (χ0n) is 13.2. The van der Waals surface area contributed by atoms with Crippen molar-refractivity contribution < 1.29 is 21.8 Å². The molecule has 0 aliphatic heterocycles. The minimum atomic E-state index is -4.05. The Morgan fingerprint density at radius 1 is 1.19 bits per heavy atom. The van der Waals surface area contributed by atoms with Crippen molar-refractivity contribution in [2.45, 2.75) is 6.61 Å². The first-order chi connectivity index (χ1) is 12.3. The summed E-state index contributed by atoms with van der Waals surface area (Å²) in [5.74, 6) is -0.934. The molecule has 0 aliphatic carbocycles. The fourth-order valence-electron chi connectivity index (χ4n) is 1.81. The third kappa shape index (κ3) is 5.46. The first-order valence-electron chi connectivity index (χ1n) is 6.94. The molecule has 0 atom stereocenters. The molecule has 0 aliphatic rings. The van der Waals surface area contributed by atoms with E-state index in [0.29, 0.717) is 21.4 Å². The second kappa shape index (κ2) is 8.88. The predicted molar refractivity (Wildman–Crippen MR) is 98.6 cm³/mol. The van der Waals surface area contributed by atoms with E-state index >= 15 is 0 Å². The van der Waals surface area contributed by atoms with Crippen molar-refractivity contribution in [3.05, 3.63) is 63.4 Å². The highest BCUT2D eigenvalue weighted by atomic mass is 35.5. The summed E-state index contributed by atoms with van der Waals surface area (Å²) in [7, 11) is -2.90. The molecule has 0 aromatic heterocycles. The van der Waals surface area contributed by atoms with Gasteiger partial charge in [0.1, 0.15) is 30.0 Å². The SMILES string of the molecule is CNS(=O)(=O)N=C(OCl)c1ccc(COc2ccc(Cl)c(Cl)c2)cc1F. The van der Waals surface area contributed by atoms with Gasteiger partial charge in [-0.1, -0.05) is 29.3 Å². The third-order valence-corrected chi connectivity index (χ3v) is 4.90. The number of halogens is 4. The summed E-state index contributed by atoms with van der Waals surface area (Å²) in [5, 5.41) is 0.718. The minimum absolute atomic E-state index is 0.0399. The molecule has 6 nitrogen and oxygen atoms in total. The Hall–Kier alpha value is -1.58. The van der Waals surface area contributed by atoms with Crippen LogP contribution in [0.4, 0.5) is 4.39 Å². The van der Waals surface area contributed by atoms with Gasteiger partial charge in [0, 0.05) is 13.1 Å². The van der Waals surface area contributed by atoms with Crippen LogP contribution in [-0.2, 0) is 21.1 Å². The summed E-state index contributed by atoms with van der Waals surface area (Å²) in [6.07, 6.45) is 0. The molecule has 0 unspecified atom stereocenters. The van der Waals surface area contributed by atoms with E-state index in [1.165, 1.54) is 18.2 Å². The molecule has 0 saturated carbocycles. The molecule has 2 aromatic carbocycles. The molecule has 11 heteroatoms. The van der Waals surface area contributed by atoms with E-state index in [1.807, 2.05) is 4.72 Å². The number of nitrogens with zero attached hydrogens (tertiary/aromatic N) is 1. The quantitative estimate of drug-likeness (QED) is 0.541. The maximum atomic E-state index is 14.3. The lowest BCUT2D eigenvalue weighted by Gasteiger charge is -2.09. The van der Waals surface area contributed by atoms with Crippen LogP contribution in [0.2, 0.25) is 10.0 Å². The Balaban J connectivity index is 2.19. The summed E-state index contributed by atoms with van der Waals surface area (Å²) in [5.41, 5.74) is 0.250. The van der Waals surface area contributed by atoms with Crippen LogP contribution >= 0.6 is 35.1 Å². The Morgan fingerprint density at radius 3 is 2.50 bits per heavy atom. The lowest BCUT2D eigenvalue weighted by atomic mass is 10.1. The predicted octanol–water partition coefficient (Wildman–Crippen LogP) is 4.09. The molecule has 2 rings (SSSR count). The molecule has 0 fully saturated rings. The zero-order chi connectivity index (χ0) is 19.3. The molecular weight excluding hydrogens is 430 g/mol. The van der Waals surface area contributed by atoms with Crippen LogP contribution in [0, 0.1) is 5.82 Å². The van der Waals surface area contributed by atoms with Crippen molar-refractivity contribution in [1.82, 2.24) is 4.72 Å². The van der Waals surface area contributed by atoms with Gasteiger partial charge in [-0.15, -0.1) is 4.40 Å². The Labute approximate surface area is 164 Å². The monoisotopic (exact) mass is 440 g/mol. The van der Waals surface area contributed by atoms with Crippen LogP contribution < -0.4 is 9.46 Å². The van der Waals surface area contributed by atoms with Crippen molar-refractivity contribution in [2.75, 3.05) is 7.05 Å². The van der Waals surface area contributed by atoms with Gasteiger partial charge in [-0.05, 0) is 29.8 Å². The molecule has 26 heavy (non-hydrogen) atoms. The fraction of sp³-hybridized carbons (Fsp3) is 0.133. The molecule has 2 aromatic rings. The summed E-state index contributed by atoms with van der Waals surface area (Å²) in [6.45, 7) is 0.0399. The normalized spacial score (nSPS) is 12.1. The molecule has 0 bridgehead atoms. The van der Waals surface area contributed by atoms with Gasteiger partial charge in [0.15, 0.2) is 0 Å². The van der Waals surface area contributed by atoms with Gasteiger partial charge in [-0.25, -0.2) is 4.39 Å². The van der Waals surface area contributed by atoms with Crippen LogP contribution in [0.25, 0.3) is 0 Å². The van der Waals surface area contributed by atoms with Gasteiger partial charge in [-0.2, -0.15) is 13.1 Å². The standard InChI is InChI=1S/C15H12Cl3FN2O4S/c1-20-26(22,23)21-15(25-18)11-4-2-9(6-14(11)19)8-24-10-3-5-12(16)13(17)7-10/h2-7,20H,8H2,1H3. The van der Waals surface area contributed by atoms with Gasteiger partial charge >= 0.3 is 10.2 Å². The molecule has 0 saturated heterocycles. The summed E-state index contributed by atoms with van der Waals surface area (Å²) in [6, 6.07) is 8.65. The number of rotatable bonds is 6. The van der Waals surface area contributed by atoms with Crippen molar-refractivity contribution in [3.8, 4) is 5.75 Å². The summed E-state index contributed by atoms with van der Waals surface area (Å²) in [4.78, 5) is 0. The molecule has 140 valence electrons. The zero-order valence-corrected chi connectivity index (χ0v) is 16.3. The van der Waals surface area contributed by atoms with Crippen LogP contribution in [0.3, 0.4) is 0 Å². The Morgan fingerprint density at radius 2 is 1.92 bits per heavy atom. The third-order valence-electron chi connectivity index (χ3n) is 3.09. The molecule has 0 radical (unpaired) electrons. The average molecular weight is 442 g/mol. The maximum absolute atomic E-state index is 14.3. The van der Waals surface area contributed by atoms with Gasteiger partial charge in [0.2, 0.25) is 0 Å². The molecule has 0 amide bonds. The van der Waals surface area contributed by atoms with Crippen LogP contribution in [-0.4, -0.2) is 21.4 Å². The number of nitrogens with one attached hydrogen (secondary N) is 1. The molecule has 0 heterocycles. The van der Waals surface area contributed by atoms with Crippen molar-refractivity contribution in [3.63, 3.8) is 0 Å². The highest BCUT2D eigenvalue weighted by molar-refractivity contribution is 7.88. The first kappa shape index (κ1) is 20.7. The van der Waals surface area contributed by atoms with E-state index in [0.717, 1.165) is 13.1 Å². The second-order valence-corrected chi connectivity index (χ2v) is 7.34. The number of hydrogen-bond donors (Lipinski definition) is 1. The molecule has 0 spiro atoms. The number of hydrogen-bond acceptors (Lipinski definition) is 4. The maximum Gasteiger partial charge on any atom is 0.322 e. The van der Waals surface area contributed by atoms with Crippen LogP contribution in [0.5, 0.6) is 5.75 Å². The lowest BCUT2D eigenvalue weighted by molar-refractivity contribution is 0.305. The Bertz CT molecular complexity index is 938. The van der Waals surface area contributed by atoms with E-state index in [1.54, 1.807) is 12.1 Å². The average Bonchev–Trinajstić information content (AvgIpc) is 2.61. The highest BCUT2D eigenvalue weighted by Crippen LogP contribution is 2.27. The van der Waals surface area contributed by atoms with E-state index in [2.05, 4.69) is 8.69 Å². The van der Waals surface area contributed by atoms with Crippen LogP contribution in [0.1, 0.15) is 11.1 Å². The van der Waals surface area contributed by atoms with Gasteiger partial charge in [0.05, 0.1) is 15.6 Å². The van der Waals surface area contributed by atoms with E-state index in [9.17, 15) is 12.8 Å². The second-order valence-electron chi connectivity index (χ2n) is 4.83. The van der Waals surface area contributed by atoms with Crippen molar-refractivity contribution >= 4 is 51.2 Å². The van der Waals surface area contributed by atoms with E-state index in [4.69, 9.17) is 39.8 Å². The lowest BCUT2D eigenvalue weighted by Crippen LogP contribution is -2.19. The minimum Gasteiger partial charge on any atom is -0.489 e. The van der Waals surface area contributed by atoms with Crippen LogP contribution in [0.15, 0.2) is 40.8 Å². The molecule has 1 N–H and O–H groups in total. The van der Waals surface area contributed by atoms with Crippen molar-refractivity contribution in [2.24, 2.45) is 4.40 Å². The highest BCUT2D eigenvalue weighted by Gasteiger charge is 2.16. The summed E-state index contributed by atoms with van der Waals surface area (Å²) < 4.78 is 52.2. The topological polar surface area (TPSA) is 77.0 Å². The smallest absolute Gasteiger partial charge is 0.322 e. The van der Waals surface area contributed by atoms with Crippen molar-refractivity contribution in [1.29, 1.82) is 0 Å². The van der Waals surface area contributed by atoms with E-state index < -0.39 is 21.9 Å². The van der Waals surface area contributed by atoms with Gasteiger partial charge in [-0.3, -0.25) is 0 Å². The van der Waals surface area contributed by atoms with Gasteiger partial charge in [0.25, 0.3) is 5.90 Å². The Kier molecular flexibility index (Phi) is 7.08. The number of ether oxygens (including phenoxy) is 1. The van der Waals surface area contributed by atoms with Gasteiger partial charge < -0.3 is 9.03 Å². The first-order valence-corrected chi connectivity index (χ1v) is 9.45. The van der Waals surface area contributed by atoms with E-state index in [-0.39, 0.29) is 12.2 Å². The largest absolute Gasteiger partial charge is 0.489 e. The summed E-state index contributed by atoms with van der Waals surface area (Å²) >= 11 is 16.9. The molecular formula is C15H12Cl3FN2O4S. The fourth-order valence-corrected chi connectivity index (χ4v) is 2.71. The number of benzene rings is 2.